The summed E-state index contributed by atoms with van der Waals surface area (Å²) in [6.45, 7) is 0. The summed E-state index contributed by atoms with van der Waals surface area (Å²) >= 11 is 0. The second-order valence-electron chi connectivity index (χ2n) is 20.6. The van der Waals surface area contributed by atoms with E-state index in [0.717, 1.165) is 0 Å². The number of hydrogen-bond acceptors (Lipinski definition) is 1. The largest absolute Gasteiger partial charge is 0.312 e. The maximum Gasteiger partial charge on any atom is 0.115 e. The van der Waals surface area contributed by atoms with Gasteiger partial charge in [-0.3, -0.25) is 0 Å². The van der Waals surface area contributed by atoms with Crippen molar-refractivity contribution in [3.63, 3.8) is 0 Å². The molecule has 0 saturated carbocycles. The zero-order valence-electron chi connectivity index (χ0n) is 45.3. The molecule has 318 valence electrons. The fourth-order valence-corrected chi connectivity index (χ4v) is 11.3. The second-order valence-corrected chi connectivity index (χ2v) is 20.6. The standard InChI is InChI=1S/C54H7B30N/c55-13-7-19(37(67)42(72)24(13)22-11-4-15(57)32(62)40(70)23(11)26-27(38(22)68)45(75)53(83)52(82)44(26)74)85(17-2-1-8(29(59)35(17)65)21-25-28(46(76)50(80)41(21)71)47(77)54(84)51(81)43(25)73)18-6-9(10-3-14(56)33(63)48(78)30(10)60)20(39(69)36(18)66)12-5-16(58)34(64)49(79)31(12)61/h1-7H. The highest BCUT2D eigenvalue weighted by Crippen LogP contribution is 2.38. The Hall–Kier alpha value is -5.27. The van der Waals surface area contributed by atoms with Crippen LogP contribution < -0.4 is 169 Å². The van der Waals surface area contributed by atoms with Crippen molar-refractivity contribution in [2.75, 3.05) is 4.90 Å². The van der Waals surface area contributed by atoms with Crippen molar-refractivity contribution < 1.29 is 0 Å². The molecule has 0 saturated heterocycles. The Kier molecular flexibility index (Phi) is 16.5. The molecule has 0 atom stereocenters. The Morgan fingerprint density at radius 3 is 1.08 bits per heavy atom. The summed E-state index contributed by atoms with van der Waals surface area (Å²) in [5, 5.41) is 1.13. The Morgan fingerprint density at radius 2 is 0.541 bits per heavy atom. The molecule has 0 N–H and O–H groups in total. The molecule has 0 aliphatic rings. The smallest absolute Gasteiger partial charge is 0.115 e. The fraction of sp³-hybridized carbons (Fsp3) is 0. The van der Waals surface area contributed by atoms with Gasteiger partial charge in [-0.1, -0.05) is 117 Å². The molecule has 85 heavy (non-hydrogen) atoms. The Balaban J connectivity index is 1.37. The lowest BCUT2D eigenvalue weighted by Crippen LogP contribution is -2.52. The van der Waals surface area contributed by atoms with Gasteiger partial charge in [-0.15, -0.1) is 71.0 Å². The molecule has 0 heterocycles. The first-order valence-electron chi connectivity index (χ1n) is 25.1. The molecule has 1 nitrogen and oxygen atoms in total. The van der Waals surface area contributed by atoms with Crippen LogP contribution in [0.5, 0.6) is 0 Å². The molecule has 31 heteroatoms. The number of fused-ring (bicyclic) bond motifs is 4. The number of benzene rings is 10. The van der Waals surface area contributed by atoms with Gasteiger partial charge in [-0.2, -0.15) is 0 Å². The van der Waals surface area contributed by atoms with Crippen molar-refractivity contribution in [3.8, 4) is 44.5 Å². The molecule has 0 spiro atoms. The second kappa shape index (κ2) is 22.4. The van der Waals surface area contributed by atoms with Crippen LogP contribution in [-0.2, 0) is 0 Å². The van der Waals surface area contributed by atoms with Crippen LogP contribution in [0.1, 0.15) is 0 Å². The van der Waals surface area contributed by atoms with E-state index in [9.17, 15) is 0 Å². The zero-order chi connectivity index (χ0) is 62.7. The summed E-state index contributed by atoms with van der Waals surface area (Å²) in [4.78, 5) is 1.46. The van der Waals surface area contributed by atoms with E-state index in [4.69, 9.17) is 235 Å². The molecular weight excluding hydrogens is 987 g/mol. The maximum absolute atomic E-state index is 7.37. The number of rotatable bonds is 7. The first kappa shape index (κ1) is 62.8. The molecule has 0 fully saturated rings. The van der Waals surface area contributed by atoms with Crippen molar-refractivity contribution in [1.82, 2.24) is 0 Å². The molecule has 10 aromatic carbocycles. The molecule has 0 aliphatic carbocycles. The molecule has 60 radical (unpaired) electrons. The van der Waals surface area contributed by atoms with E-state index >= 15 is 0 Å². The van der Waals surface area contributed by atoms with E-state index in [0.29, 0.717) is 0 Å². The van der Waals surface area contributed by atoms with Gasteiger partial charge in [-0.05, 0) is 95.0 Å². The molecule has 10 aromatic rings. The summed E-state index contributed by atoms with van der Waals surface area (Å²) in [7, 11) is 202. The predicted molar refractivity (Wildman–Crippen MR) is 397 cm³/mol. The van der Waals surface area contributed by atoms with Crippen LogP contribution in [0.2, 0.25) is 0 Å². The summed E-state index contributed by atoms with van der Waals surface area (Å²) in [5.74, 6) is 0. The normalized spacial score (nSPS) is 11.5. The van der Waals surface area contributed by atoms with Crippen molar-refractivity contribution >= 4 is 449 Å². The first-order valence-corrected chi connectivity index (χ1v) is 25.1. The van der Waals surface area contributed by atoms with Gasteiger partial charge in [0.1, 0.15) is 235 Å². The molecular formula is C54H7B30N. The van der Waals surface area contributed by atoms with Crippen LogP contribution in [0.15, 0.2) is 42.5 Å². The van der Waals surface area contributed by atoms with Crippen LogP contribution in [0, 0.1) is 0 Å². The van der Waals surface area contributed by atoms with Crippen LogP contribution in [0.4, 0.5) is 17.1 Å². The zero-order valence-corrected chi connectivity index (χ0v) is 45.3. The highest BCUT2D eigenvalue weighted by atomic mass is 15.1. The van der Waals surface area contributed by atoms with E-state index in [1.54, 1.807) is 12.1 Å². The highest BCUT2D eigenvalue weighted by molar-refractivity contribution is 6.75. The lowest BCUT2D eigenvalue weighted by atomic mass is 9.58. The topological polar surface area (TPSA) is 3.24 Å². The monoisotopic (exact) mass is 999 g/mol. The Labute approximate surface area is 536 Å². The lowest BCUT2D eigenvalue weighted by Gasteiger charge is -2.36. The predicted octanol–water partition coefficient (Wildman–Crippen LogP) is -20.9. The van der Waals surface area contributed by atoms with Gasteiger partial charge in [0.25, 0.3) is 0 Å². The van der Waals surface area contributed by atoms with E-state index in [1.165, 1.54) is 35.2 Å². The van der Waals surface area contributed by atoms with Gasteiger partial charge in [0.05, 0.1) is 0 Å². The average molecular weight is 994 g/mol. The molecule has 0 amide bonds. The van der Waals surface area contributed by atoms with Gasteiger partial charge in [0.15, 0.2) is 0 Å². The molecule has 0 unspecified atom stereocenters. The number of anilines is 3. The number of hydrogen-bond donors (Lipinski definition) is 0. The van der Waals surface area contributed by atoms with Crippen LogP contribution in [0.3, 0.4) is 0 Å². The van der Waals surface area contributed by atoms with Crippen LogP contribution >= 0.6 is 0 Å². The van der Waals surface area contributed by atoms with Crippen LogP contribution in [0.25, 0.3) is 76.8 Å². The third-order valence-corrected chi connectivity index (χ3v) is 16.0. The molecule has 0 aliphatic heterocycles. The van der Waals surface area contributed by atoms with Gasteiger partial charge >= 0.3 is 0 Å². The summed E-state index contributed by atoms with van der Waals surface area (Å²) < 4.78 is 0. The SMILES string of the molecule is [B]c1cc(-c2cc(N(c3ccc(-c4c([B])c([B])c([B])c5c([B])c([B])c([B])c([B])c45)c([B])c3[B])c3cc([B])c(-c4c([B])c5c([B])c([B])c([B])c([B])c5c5c([B])c([B])c([B])cc45)c([B])c3[B])c([B])c([B])c2-c2cc([B])c([B])c([B])c2[B])c([B])c([B])c1[B]. The Morgan fingerprint density at radius 1 is 0.176 bits per heavy atom. The first-order chi connectivity index (χ1) is 39.7. The van der Waals surface area contributed by atoms with Gasteiger partial charge in [0, 0.05) is 17.1 Å². The molecule has 0 aromatic heterocycles. The third kappa shape index (κ3) is 9.26. The van der Waals surface area contributed by atoms with E-state index in [1.807, 2.05) is 0 Å². The van der Waals surface area contributed by atoms with Crippen molar-refractivity contribution in [2.24, 2.45) is 0 Å². The van der Waals surface area contributed by atoms with Gasteiger partial charge in [0.2, 0.25) is 0 Å². The van der Waals surface area contributed by atoms with E-state index < -0.39 is 0 Å². The molecule has 10 rings (SSSR count). The van der Waals surface area contributed by atoms with Crippen LogP contribution in [-0.4, -0.2) is 235 Å². The van der Waals surface area contributed by atoms with E-state index in [-0.39, 0.29) is 258 Å². The minimum absolute atomic E-state index is 0.00347. The minimum atomic E-state index is -0.204. The molecule has 0 bridgehead atoms. The van der Waals surface area contributed by atoms with Gasteiger partial charge in [-0.25, -0.2) is 0 Å². The van der Waals surface area contributed by atoms with Crippen molar-refractivity contribution in [3.05, 3.63) is 42.5 Å². The average Bonchev–Trinajstić information content (AvgIpc) is 0.775. The minimum Gasteiger partial charge on any atom is -0.312 e. The summed E-state index contributed by atoms with van der Waals surface area (Å²) in [6, 6.07) is 10.5. The fourth-order valence-electron chi connectivity index (χ4n) is 11.3. The highest BCUT2D eigenvalue weighted by Gasteiger charge is 2.30. The number of nitrogens with zero attached hydrogens (tertiary/aromatic N) is 1. The third-order valence-electron chi connectivity index (χ3n) is 16.0. The van der Waals surface area contributed by atoms with Gasteiger partial charge < -0.3 is 4.90 Å². The van der Waals surface area contributed by atoms with Crippen molar-refractivity contribution in [2.45, 2.75) is 0 Å². The quantitative estimate of drug-likeness (QED) is 0.114. The van der Waals surface area contributed by atoms with Crippen molar-refractivity contribution in [1.29, 1.82) is 0 Å². The summed E-state index contributed by atoms with van der Waals surface area (Å²) in [5.41, 5.74) is -0.934. The summed E-state index contributed by atoms with van der Waals surface area (Å²) in [6.07, 6.45) is 0. The Bertz CT molecular complexity index is 4720. The lowest BCUT2D eigenvalue weighted by molar-refractivity contribution is 1.33. The maximum atomic E-state index is 7.37. The van der Waals surface area contributed by atoms with E-state index in [2.05, 4.69) is 0 Å².